The van der Waals surface area contributed by atoms with Crippen LogP contribution in [0.2, 0.25) is 0 Å². The quantitative estimate of drug-likeness (QED) is 0.755. The Morgan fingerprint density at radius 3 is 2.83 bits per heavy atom. The fourth-order valence-electron chi connectivity index (χ4n) is 3.40. The molecular formula is C18H18N2O2S2. The third kappa shape index (κ3) is 2.75. The molecule has 1 aliphatic heterocycles. The van der Waals surface area contributed by atoms with Gasteiger partial charge in [0.2, 0.25) is 0 Å². The van der Waals surface area contributed by atoms with Gasteiger partial charge in [-0.05, 0) is 44.0 Å². The second kappa shape index (κ2) is 6.27. The highest BCUT2D eigenvalue weighted by atomic mass is 32.1. The predicted octanol–water partition coefficient (Wildman–Crippen LogP) is 4.30. The van der Waals surface area contributed by atoms with E-state index in [2.05, 4.69) is 30.0 Å². The Hall–Kier alpha value is -1.76. The van der Waals surface area contributed by atoms with Crippen LogP contribution in [-0.4, -0.2) is 33.5 Å². The first-order valence-corrected chi connectivity index (χ1v) is 9.67. The fraction of sp³-hybridized carbons (Fsp3) is 0.333. The maximum absolute atomic E-state index is 11.7. The first-order valence-electron chi connectivity index (χ1n) is 8.04. The van der Waals surface area contributed by atoms with Crippen LogP contribution >= 0.6 is 22.7 Å². The second-order valence-corrected chi connectivity index (χ2v) is 8.49. The Labute approximate surface area is 148 Å². The molecule has 0 bridgehead atoms. The van der Waals surface area contributed by atoms with Gasteiger partial charge in [0.1, 0.15) is 11.0 Å². The zero-order valence-electron chi connectivity index (χ0n) is 13.3. The van der Waals surface area contributed by atoms with Gasteiger partial charge in [-0.3, -0.25) is 9.69 Å². The molecule has 0 spiro atoms. The van der Waals surface area contributed by atoms with Crippen molar-refractivity contribution in [3.63, 3.8) is 0 Å². The fourth-order valence-corrected chi connectivity index (χ4v) is 5.58. The van der Waals surface area contributed by atoms with Crippen LogP contribution in [0.15, 0.2) is 36.4 Å². The van der Waals surface area contributed by atoms with Crippen molar-refractivity contribution in [2.75, 3.05) is 6.54 Å². The van der Waals surface area contributed by atoms with Crippen molar-refractivity contribution < 1.29 is 9.90 Å². The van der Waals surface area contributed by atoms with Gasteiger partial charge in [-0.2, -0.15) is 0 Å². The number of nitrogens with zero attached hydrogens (tertiary/aromatic N) is 2. The van der Waals surface area contributed by atoms with Crippen molar-refractivity contribution in [1.29, 1.82) is 0 Å². The largest absolute Gasteiger partial charge is 0.480 e. The van der Waals surface area contributed by atoms with E-state index in [1.807, 2.05) is 18.2 Å². The summed E-state index contributed by atoms with van der Waals surface area (Å²) in [6.07, 6.45) is 1.63. The number of likely N-dealkylation sites (tertiary alicyclic amines) is 1. The monoisotopic (exact) mass is 358 g/mol. The molecule has 2 aromatic heterocycles. The van der Waals surface area contributed by atoms with Crippen molar-refractivity contribution in [3.8, 4) is 0 Å². The Balaban J connectivity index is 1.82. The summed E-state index contributed by atoms with van der Waals surface area (Å²) in [7, 11) is 0. The van der Waals surface area contributed by atoms with E-state index in [1.165, 1.54) is 9.75 Å². The van der Waals surface area contributed by atoms with Crippen LogP contribution in [-0.2, 0) is 4.79 Å². The molecule has 124 valence electrons. The van der Waals surface area contributed by atoms with Gasteiger partial charge in [-0.1, -0.05) is 12.1 Å². The van der Waals surface area contributed by atoms with Gasteiger partial charge in [-0.15, -0.1) is 22.7 Å². The van der Waals surface area contributed by atoms with E-state index < -0.39 is 12.0 Å². The summed E-state index contributed by atoms with van der Waals surface area (Å²) >= 11 is 3.40. The summed E-state index contributed by atoms with van der Waals surface area (Å²) in [4.78, 5) is 21.1. The highest BCUT2D eigenvalue weighted by Crippen LogP contribution is 2.40. The minimum Gasteiger partial charge on any atom is -0.480 e. The molecule has 1 aliphatic rings. The molecule has 0 radical (unpaired) electrons. The van der Waals surface area contributed by atoms with Gasteiger partial charge in [0, 0.05) is 16.3 Å². The summed E-state index contributed by atoms with van der Waals surface area (Å²) in [6.45, 7) is 2.89. The normalized spacial score (nSPS) is 19.8. The number of aliphatic carboxylic acids is 1. The van der Waals surface area contributed by atoms with Crippen molar-refractivity contribution in [1.82, 2.24) is 9.88 Å². The standard InChI is InChI=1S/C18H18N2O2S2/c1-11-8-9-15(23-11)16(20-10-4-6-13(20)18(21)22)17-19-12-5-2-3-7-14(12)24-17/h2-3,5,7-9,13,16H,4,6,10H2,1H3,(H,21,22). The lowest BCUT2D eigenvalue weighted by Gasteiger charge is -2.29. The third-order valence-corrected chi connectivity index (χ3v) is 6.63. The first kappa shape index (κ1) is 15.7. The lowest BCUT2D eigenvalue weighted by molar-refractivity contribution is -0.142. The van der Waals surface area contributed by atoms with Crippen LogP contribution in [0.25, 0.3) is 10.2 Å². The smallest absolute Gasteiger partial charge is 0.320 e. The third-order valence-electron chi connectivity index (χ3n) is 4.49. The molecule has 1 N–H and O–H groups in total. The van der Waals surface area contributed by atoms with E-state index >= 15 is 0 Å². The number of aryl methyl sites for hydroxylation is 1. The Kier molecular flexibility index (Phi) is 4.12. The van der Waals surface area contributed by atoms with E-state index in [0.29, 0.717) is 6.42 Å². The predicted molar refractivity (Wildman–Crippen MR) is 97.9 cm³/mol. The number of hydrogen-bond donors (Lipinski definition) is 1. The van der Waals surface area contributed by atoms with E-state index in [1.54, 1.807) is 22.7 Å². The summed E-state index contributed by atoms with van der Waals surface area (Å²) in [5.74, 6) is -0.730. The lowest BCUT2D eigenvalue weighted by atomic mass is 10.1. The van der Waals surface area contributed by atoms with Gasteiger partial charge in [0.15, 0.2) is 0 Å². The molecule has 0 aliphatic carbocycles. The summed E-state index contributed by atoms with van der Waals surface area (Å²) in [5.41, 5.74) is 0.988. The van der Waals surface area contributed by atoms with Crippen LogP contribution in [0.4, 0.5) is 0 Å². The summed E-state index contributed by atoms with van der Waals surface area (Å²) in [6, 6.07) is 11.8. The topological polar surface area (TPSA) is 53.4 Å². The van der Waals surface area contributed by atoms with Crippen LogP contribution in [0, 0.1) is 6.92 Å². The van der Waals surface area contributed by atoms with Crippen LogP contribution in [0.5, 0.6) is 0 Å². The Bertz CT molecular complexity index is 853. The molecule has 24 heavy (non-hydrogen) atoms. The molecule has 2 atom stereocenters. The maximum atomic E-state index is 11.7. The van der Waals surface area contributed by atoms with E-state index in [4.69, 9.17) is 4.98 Å². The zero-order valence-corrected chi connectivity index (χ0v) is 14.9. The van der Waals surface area contributed by atoms with Gasteiger partial charge in [0.25, 0.3) is 0 Å². The number of thiophene rings is 1. The number of carbonyl (C=O) groups is 1. The number of hydrogen-bond acceptors (Lipinski definition) is 5. The van der Waals surface area contributed by atoms with Crippen LogP contribution in [0.3, 0.4) is 0 Å². The molecule has 1 saturated heterocycles. The lowest BCUT2D eigenvalue weighted by Crippen LogP contribution is -2.38. The second-order valence-electron chi connectivity index (χ2n) is 6.10. The van der Waals surface area contributed by atoms with Crippen molar-refractivity contribution in [2.24, 2.45) is 0 Å². The molecule has 3 aromatic rings. The number of thiazole rings is 1. The number of rotatable bonds is 4. The Morgan fingerprint density at radius 1 is 1.29 bits per heavy atom. The molecule has 0 amide bonds. The van der Waals surface area contributed by atoms with Gasteiger partial charge >= 0.3 is 5.97 Å². The maximum Gasteiger partial charge on any atom is 0.320 e. The first-order chi connectivity index (χ1) is 11.6. The minimum absolute atomic E-state index is 0.0651. The molecule has 2 unspecified atom stereocenters. The SMILES string of the molecule is Cc1ccc(C(c2nc3ccccc3s2)N2CCCC2C(=O)O)s1. The minimum atomic E-state index is -0.730. The molecule has 1 aromatic carbocycles. The zero-order chi connectivity index (χ0) is 16.7. The number of carboxylic acids is 1. The van der Waals surface area contributed by atoms with Gasteiger partial charge in [-0.25, -0.2) is 4.98 Å². The van der Waals surface area contributed by atoms with Crippen molar-refractivity contribution in [2.45, 2.75) is 31.8 Å². The summed E-state index contributed by atoms with van der Waals surface area (Å²) in [5, 5.41) is 10.6. The number of para-hydroxylation sites is 1. The van der Waals surface area contributed by atoms with Crippen molar-refractivity contribution >= 4 is 38.9 Å². The Morgan fingerprint density at radius 2 is 2.12 bits per heavy atom. The number of carboxylic acid groups (broad SMARTS) is 1. The molecule has 1 fully saturated rings. The number of aromatic nitrogens is 1. The molecule has 6 heteroatoms. The van der Waals surface area contributed by atoms with Gasteiger partial charge < -0.3 is 5.11 Å². The average Bonchev–Trinajstić information content (AvgIpc) is 3.27. The number of fused-ring (bicyclic) bond motifs is 1. The highest BCUT2D eigenvalue weighted by molar-refractivity contribution is 7.19. The molecule has 4 rings (SSSR count). The van der Waals surface area contributed by atoms with E-state index in [0.717, 1.165) is 28.2 Å². The van der Waals surface area contributed by atoms with Crippen molar-refractivity contribution in [3.05, 3.63) is 51.2 Å². The molecule has 3 heterocycles. The van der Waals surface area contributed by atoms with E-state index in [-0.39, 0.29) is 6.04 Å². The average molecular weight is 358 g/mol. The molecule has 4 nitrogen and oxygen atoms in total. The molecule has 0 saturated carbocycles. The number of benzene rings is 1. The van der Waals surface area contributed by atoms with Crippen LogP contribution in [0.1, 0.15) is 33.6 Å². The van der Waals surface area contributed by atoms with Crippen LogP contribution < -0.4 is 0 Å². The molecular weight excluding hydrogens is 340 g/mol. The van der Waals surface area contributed by atoms with E-state index in [9.17, 15) is 9.90 Å². The highest BCUT2D eigenvalue weighted by Gasteiger charge is 2.38. The summed E-state index contributed by atoms with van der Waals surface area (Å²) < 4.78 is 1.15. The van der Waals surface area contributed by atoms with Gasteiger partial charge in [0.05, 0.1) is 16.3 Å².